The molecule has 0 aliphatic rings. The topological polar surface area (TPSA) is 96.4 Å². The fourth-order valence-electron chi connectivity index (χ4n) is 2.32. The molecule has 0 unspecified atom stereocenters. The highest BCUT2D eigenvalue weighted by Crippen LogP contribution is 2.39. The number of ether oxygens (including phenoxy) is 1. The summed E-state index contributed by atoms with van der Waals surface area (Å²) < 4.78 is 45.8. The molecule has 0 aliphatic heterocycles. The summed E-state index contributed by atoms with van der Waals surface area (Å²) in [7, 11) is -4.09. The van der Waals surface area contributed by atoms with E-state index in [0.29, 0.717) is 0 Å². The van der Waals surface area contributed by atoms with E-state index in [1.807, 2.05) is 6.07 Å². The first-order valence-electron chi connectivity index (χ1n) is 7.96. The maximum absolute atomic E-state index is 12.9. The number of nitrogens with one attached hydrogen (secondary N) is 1. The molecule has 0 saturated carbocycles. The van der Waals surface area contributed by atoms with Crippen molar-refractivity contribution in [2.45, 2.75) is 4.90 Å². The van der Waals surface area contributed by atoms with Gasteiger partial charge in [0.25, 0.3) is 10.0 Å². The Bertz CT molecular complexity index is 1290. The number of sulfonamides is 1. The first kappa shape index (κ1) is 21.3. The van der Waals surface area contributed by atoms with Gasteiger partial charge in [-0.25, -0.2) is 22.6 Å². The molecule has 0 amide bonds. The summed E-state index contributed by atoms with van der Waals surface area (Å²) in [6.07, 6.45) is 0.866. The molecule has 3 aromatic rings. The predicted molar refractivity (Wildman–Crippen MR) is 109 cm³/mol. The lowest BCUT2D eigenvalue weighted by molar-refractivity contribution is 0.480. The van der Waals surface area contributed by atoms with Gasteiger partial charge in [0.1, 0.15) is 29.2 Å². The Morgan fingerprint density at radius 2 is 1.87 bits per heavy atom. The van der Waals surface area contributed by atoms with Gasteiger partial charge in [0.05, 0.1) is 33.3 Å². The third-order valence-corrected chi connectivity index (χ3v) is 5.61. The zero-order valence-corrected chi connectivity index (χ0v) is 17.1. The van der Waals surface area contributed by atoms with E-state index in [-0.39, 0.29) is 43.5 Å². The Morgan fingerprint density at radius 3 is 2.43 bits per heavy atom. The van der Waals surface area contributed by atoms with Gasteiger partial charge in [-0.1, -0.05) is 23.2 Å². The molecule has 11 heteroatoms. The first-order valence-corrected chi connectivity index (χ1v) is 10.2. The van der Waals surface area contributed by atoms with Crippen LogP contribution in [0.4, 0.5) is 15.9 Å². The van der Waals surface area contributed by atoms with E-state index in [9.17, 15) is 18.1 Å². The Balaban J connectivity index is 1.91. The van der Waals surface area contributed by atoms with Crippen LogP contribution in [0.25, 0.3) is 4.85 Å². The zero-order chi connectivity index (χ0) is 21.9. The van der Waals surface area contributed by atoms with Crippen LogP contribution in [-0.2, 0) is 10.0 Å². The minimum Gasteiger partial charge on any atom is -0.456 e. The highest BCUT2D eigenvalue weighted by Gasteiger charge is 2.18. The molecule has 1 N–H and O–H groups in total. The summed E-state index contributed by atoms with van der Waals surface area (Å²) in [6, 6.07) is 10.4. The van der Waals surface area contributed by atoms with Gasteiger partial charge in [-0.3, -0.25) is 4.72 Å². The average molecular weight is 463 g/mol. The van der Waals surface area contributed by atoms with E-state index in [1.165, 1.54) is 24.3 Å². The third kappa shape index (κ3) is 4.61. The fourth-order valence-corrected chi connectivity index (χ4v) is 3.91. The van der Waals surface area contributed by atoms with Gasteiger partial charge in [-0.2, -0.15) is 5.26 Å². The molecule has 0 fully saturated rings. The first-order chi connectivity index (χ1) is 14.2. The predicted octanol–water partition coefficient (Wildman–Crippen LogP) is 5.54. The highest BCUT2D eigenvalue weighted by atomic mass is 35.5. The summed E-state index contributed by atoms with van der Waals surface area (Å²) in [5, 5.41) is 9.55. The molecule has 30 heavy (non-hydrogen) atoms. The molecule has 0 radical (unpaired) electrons. The number of hydrogen-bond donors (Lipinski definition) is 1. The van der Waals surface area contributed by atoms with Crippen LogP contribution in [0.5, 0.6) is 11.5 Å². The standard InChI is InChI=1S/C19H9Cl2FN4O3S/c1-24-19-15(20)7-13(8-16(19)21)29-17-4-3-14(6-11(17)9-23)30(27,28)26-18-5-2-12(22)10-25-18/h2-8,10H,(H,25,26). The molecule has 0 atom stereocenters. The quantitative estimate of drug-likeness (QED) is 0.501. The number of aromatic nitrogens is 1. The fraction of sp³-hybridized carbons (Fsp3) is 0. The highest BCUT2D eigenvalue weighted by molar-refractivity contribution is 7.92. The van der Waals surface area contributed by atoms with Crippen LogP contribution in [0.1, 0.15) is 5.56 Å². The number of rotatable bonds is 5. The molecule has 0 aliphatic carbocycles. The van der Waals surface area contributed by atoms with E-state index in [1.54, 1.807) is 0 Å². The minimum absolute atomic E-state index is 0.0547. The second kappa shape index (κ2) is 8.56. The van der Waals surface area contributed by atoms with Crippen molar-refractivity contribution in [3.63, 3.8) is 0 Å². The maximum Gasteiger partial charge on any atom is 0.263 e. The summed E-state index contributed by atoms with van der Waals surface area (Å²) >= 11 is 12.0. The van der Waals surface area contributed by atoms with Crippen LogP contribution in [0, 0.1) is 23.7 Å². The lowest BCUT2D eigenvalue weighted by Crippen LogP contribution is -2.14. The second-order valence-corrected chi connectivity index (χ2v) is 8.18. The van der Waals surface area contributed by atoms with E-state index < -0.39 is 15.8 Å². The summed E-state index contributed by atoms with van der Waals surface area (Å²) in [6.45, 7) is 7.04. The Hall–Kier alpha value is -3.37. The van der Waals surface area contributed by atoms with Crippen molar-refractivity contribution in [2.75, 3.05) is 4.72 Å². The monoisotopic (exact) mass is 462 g/mol. The SMILES string of the molecule is [C-]#[N+]c1c(Cl)cc(Oc2ccc(S(=O)(=O)Nc3ccc(F)cn3)cc2C#N)cc1Cl. The number of nitriles is 1. The molecule has 1 aromatic heterocycles. The molecule has 0 spiro atoms. The van der Waals surface area contributed by atoms with Gasteiger partial charge in [0.15, 0.2) is 0 Å². The second-order valence-electron chi connectivity index (χ2n) is 5.69. The Labute approximate surface area is 181 Å². The number of pyridine rings is 1. The van der Waals surface area contributed by atoms with Crippen LogP contribution < -0.4 is 9.46 Å². The minimum atomic E-state index is -4.09. The van der Waals surface area contributed by atoms with Crippen LogP contribution in [0.2, 0.25) is 10.0 Å². The summed E-state index contributed by atoms with van der Waals surface area (Å²) in [5.74, 6) is -0.479. The molecule has 1 heterocycles. The Kier molecular flexibility index (Phi) is 6.09. The van der Waals surface area contributed by atoms with Crippen LogP contribution in [0.15, 0.2) is 53.6 Å². The zero-order valence-electron chi connectivity index (χ0n) is 14.7. The lowest BCUT2D eigenvalue weighted by Gasteiger charge is -2.12. The molecule has 0 bridgehead atoms. The van der Waals surface area contributed by atoms with Crippen molar-refractivity contribution in [1.82, 2.24) is 4.98 Å². The van der Waals surface area contributed by atoms with E-state index in [0.717, 1.165) is 24.4 Å². The third-order valence-electron chi connectivity index (χ3n) is 3.68. The average Bonchev–Trinajstić information content (AvgIpc) is 2.69. The normalized spacial score (nSPS) is 10.7. The molecular weight excluding hydrogens is 454 g/mol. The number of hydrogen-bond acceptors (Lipinski definition) is 5. The molecule has 150 valence electrons. The van der Waals surface area contributed by atoms with E-state index in [4.69, 9.17) is 34.5 Å². The largest absolute Gasteiger partial charge is 0.456 e. The molecule has 3 rings (SSSR count). The molecule has 7 nitrogen and oxygen atoms in total. The number of nitrogens with zero attached hydrogens (tertiary/aromatic N) is 3. The van der Waals surface area contributed by atoms with Crippen molar-refractivity contribution >= 4 is 44.7 Å². The lowest BCUT2D eigenvalue weighted by atomic mass is 10.2. The summed E-state index contributed by atoms with van der Waals surface area (Å²) in [4.78, 5) is 6.62. The van der Waals surface area contributed by atoms with Crippen molar-refractivity contribution in [1.29, 1.82) is 5.26 Å². The van der Waals surface area contributed by atoms with Crippen LogP contribution >= 0.6 is 23.2 Å². The van der Waals surface area contributed by atoms with Gasteiger partial charge in [-0.05, 0) is 42.5 Å². The van der Waals surface area contributed by atoms with Gasteiger partial charge in [0.2, 0.25) is 5.69 Å². The number of halogens is 3. The van der Waals surface area contributed by atoms with E-state index >= 15 is 0 Å². The van der Waals surface area contributed by atoms with Crippen molar-refractivity contribution in [2.24, 2.45) is 0 Å². The van der Waals surface area contributed by atoms with Crippen LogP contribution in [0.3, 0.4) is 0 Å². The van der Waals surface area contributed by atoms with Crippen molar-refractivity contribution < 1.29 is 17.5 Å². The van der Waals surface area contributed by atoms with Gasteiger partial charge < -0.3 is 4.74 Å². The van der Waals surface area contributed by atoms with Crippen molar-refractivity contribution in [3.8, 4) is 17.6 Å². The van der Waals surface area contributed by atoms with Gasteiger partial charge in [0, 0.05) is 0 Å². The van der Waals surface area contributed by atoms with E-state index in [2.05, 4.69) is 14.6 Å². The van der Waals surface area contributed by atoms with Crippen molar-refractivity contribution in [3.05, 3.63) is 81.5 Å². The molecule has 2 aromatic carbocycles. The smallest absolute Gasteiger partial charge is 0.263 e. The summed E-state index contributed by atoms with van der Waals surface area (Å²) in [5.41, 5.74) is -0.0143. The van der Waals surface area contributed by atoms with Gasteiger partial charge in [-0.15, -0.1) is 0 Å². The van der Waals surface area contributed by atoms with Gasteiger partial charge >= 0.3 is 0 Å². The Morgan fingerprint density at radius 1 is 1.17 bits per heavy atom. The van der Waals surface area contributed by atoms with Crippen LogP contribution in [-0.4, -0.2) is 13.4 Å². The molecule has 0 saturated heterocycles. The molecular formula is C19H9Cl2FN4O3S. The number of anilines is 1. The number of benzene rings is 2. The maximum atomic E-state index is 12.9.